The van der Waals surface area contributed by atoms with Crippen molar-refractivity contribution >= 4 is 27.8 Å². The molecule has 3 aliphatic rings. The maximum atomic E-state index is 13.1. The maximum Gasteiger partial charge on any atom is 0.321 e. The SMILES string of the molecule is Cc1ccc(C(=O)NC2CC2)cc1NC(=O)N1CCN(S(=O)(=O)N(C)C2CCCCC2)CC1. The molecule has 33 heavy (non-hydrogen) atoms. The standard InChI is InChI=1S/C23H35N5O4S/c1-17-8-9-18(22(29)24-19-10-11-19)16-21(17)25-23(30)27-12-14-28(15-13-27)33(31,32)26(2)20-6-4-3-5-7-20/h8-9,16,19-20H,3-7,10-15H2,1-2H3,(H,24,29)(H,25,30). The molecule has 10 heteroatoms. The van der Waals surface area contributed by atoms with Gasteiger partial charge in [0.15, 0.2) is 0 Å². The van der Waals surface area contributed by atoms with Gasteiger partial charge < -0.3 is 15.5 Å². The molecule has 2 aliphatic carbocycles. The number of amides is 3. The van der Waals surface area contributed by atoms with Gasteiger partial charge in [0.05, 0.1) is 0 Å². The summed E-state index contributed by atoms with van der Waals surface area (Å²) in [5.74, 6) is -0.131. The molecule has 2 N–H and O–H groups in total. The zero-order valence-electron chi connectivity index (χ0n) is 19.5. The molecule has 1 aliphatic heterocycles. The second-order valence-electron chi connectivity index (χ2n) is 9.41. The highest BCUT2D eigenvalue weighted by molar-refractivity contribution is 7.86. The van der Waals surface area contributed by atoms with E-state index in [1.807, 2.05) is 13.0 Å². The predicted octanol–water partition coefficient (Wildman–Crippen LogP) is 2.55. The maximum absolute atomic E-state index is 13.1. The van der Waals surface area contributed by atoms with E-state index in [0.29, 0.717) is 24.3 Å². The summed E-state index contributed by atoms with van der Waals surface area (Å²) >= 11 is 0. The van der Waals surface area contributed by atoms with Crippen molar-refractivity contribution in [3.8, 4) is 0 Å². The Morgan fingerprint density at radius 1 is 1.00 bits per heavy atom. The highest BCUT2D eigenvalue weighted by Gasteiger charge is 2.35. The van der Waals surface area contributed by atoms with Crippen LogP contribution < -0.4 is 10.6 Å². The first kappa shape index (κ1) is 24.0. The number of hydrogen-bond acceptors (Lipinski definition) is 4. The molecule has 0 bridgehead atoms. The van der Waals surface area contributed by atoms with Crippen LogP contribution in [0.15, 0.2) is 18.2 Å². The van der Waals surface area contributed by atoms with E-state index in [4.69, 9.17) is 0 Å². The Bertz CT molecular complexity index is 981. The molecular weight excluding hydrogens is 442 g/mol. The highest BCUT2D eigenvalue weighted by Crippen LogP contribution is 2.26. The van der Waals surface area contributed by atoms with Crippen molar-refractivity contribution in [3.63, 3.8) is 0 Å². The Labute approximate surface area is 196 Å². The lowest BCUT2D eigenvalue weighted by Gasteiger charge is -2.38. The molecule has 4 rings (SSSR count). The minimum absolute atomic E-state index is 0.0671. The van der Waals surface area contributed by atoms with Crippen LogP contribution >= 0.6 is 0 Å². The number of nitrogens with one attached hydrogen (secondary N) is 2. The number of piperazine rings is 1. The zero-order chi connectivity index (χ0) is 23.6. The van der Waals surface area contributed by atoms with Gasteiger partial charge in [0.25, 0.3) is 16.1 Å². The molecule has 0 spiro atoms. The highest BCUT2D eigenvalue weighted by atomic mass is 32.2. The van der Waals surface area contributed by atoms with E-state index in [0.717, 1.165) is 44.1 Å². The molecule has 182 valence electrons. The number of hydrogen-bond donors (Lipinski definition) is 2. The van der Waals surface area contributed by atoms with Crippen LogP contribution in [0, 0.1) is 6.92 Å². The fraction of sp³-hybridized carbons (Fsp3) is 0.652. The Morgan fingerprint density at radius 2 is 1.67 bits per heavy atom. The van der Waals surface area contributed by atoms with E-state index in [1.54, 1.807) is 24.1 Å². The van der Waals surface area contributed by atoms with Crippen molar-refractivity contribution in [2.45, 2.75) is 64.0 Å². The van der Waals surface area contributed by atoms with Crippen molar-refractivity contribution in [2.24, 2.45) is 0 Å². The van der Waals surface area contributed by atoms with E-state index in [1.165, 1.54) is 15.0 Å². The van der Waals surface area contributed by atoms with Crippen LogP contribution in [-0.4, -0.2) is 79.2 Å². The molecule has 1 saturated heterocycles. The summed E-state index contributed by atoms with van der Waals surface area (Å²) in [7, 11) is -1.85. The van der Waals surface area contributed by atoms with Crippen LogP contribution in [0.2, 0.25) is 0 Å². The van der Waals surface area contributed by atoms with Gasteiger partial charge in [-0.1, -0.05) is 25.3 Å². The van der Waals surface area contributed by atoms with Crippen molar-refractivity contribution in [2.75, 3.05) is 38.5 Å². The average Bonchev–Trinajstić information content (AvgIpc) is 3.64. The first-order valence-electron chi connectivity index (χ1n) is 12.0. The average molecular weight is 478 g/mol. The lowest BCUT2D eigenvalue weighted by molar-refractivity contribution is 0.0951. The Morgan fingerprint density at radius 3 is 2.30 bits per heavy atom. The van der Waals surface area contributed by atoms with E-state index in [-0.39, 0.29) is 37.1 Å². The quantitative estimate of drug-likeness (QED) is 0.657. The molecule has 3 amide bonds. The first-order chi connectivity index (χ1) is 15.8. The minimum Gasteiger partial charge on any atom is -0.349 e. The summed E-state index contributed by atoms with van der Waals surface area (Å²) in [5, 5.41) is 5.86. The normalized spacial score (nSPS) is 20.6. The smallest absolute Gasteiger partial charge is 0.321 e. The number of aryl methyl sites for hydroxylation is 1. The molecule has 0 atom stereocenters. The Balaban J connectivity index is 1.33. The second kappa shape index (κ2) is 9.99. The molecule has 0 unspecified atom stereocenters. The van der Waals surface area contributed by atoms with Gasteiger partial charge in [-0.2, -0.15) is 17.0 Å². The number of urea groups is 1. The van der Waals surface area contributed by atoms with Crippen LogP contribution in [0.1, 0.15) is 60.9 Å². The fourth-order valence-electron chi connectivity index (χ4n) is 4.53. The van der Waals surface area contributed by atoms with Crippen LogP contribution in [0.5, 0.6) is 0 Å². The van der Waals surface area contributed by atoms with Crippen molar-refractivity contribution in [1.82, 2.24) is 18.8 Å². The second-order valence-corrected chi connectivity index (χ2v) is 11.4. The molecule has 2 saturated carbocycles. The number of carbonyl (C=O) groups excluding carboxylic acids is 2. The molecule has 0 radical (unpaired) electrons. The van der Waals surface area contributed by atoms with Crippen molar-refractivity contribution < 1.29 is 18.0 Å². The monoisotopic (exact) mass is 477 g/mol. The topological polar surface area (TPSA) is 102 Å². The summed E-state index contributed by atoms with van der Waals surface area (Å²) in [6.07, 6.45) is 7.16. The Hall–Kier alpha value is -2.17. The van der Waals surface area contributed by atoms with Crippen LogP contribution in [0.4, 0.5) is 10.5 Å². The van der Waals surface area contributed by atoms with E-state index < -0.39 is 10.2 Å². The number of nitrogens with zero attached hydrogens (tertiary/aromatic N) is 3. The molecule has 9 nitrogen and oxygen atoms in total. The van der Waals surface area contributed by atoms with Crippen LogP contribution in [0.3, 0.4) is 0 Å². The third-order valence-corrected chi connectivity index (χ3v) is 9.00. The van der Waals surface area contributed by atoms with Crippen molar-refractivity contribution in [3.05, 3.63) is 29.3 Å². The molecular formula is C23H35N5O4S. The van der Waals surface area contributed by atoms with Gasteiger partial charge in [0.2, 0.25) is 0 Å². The van der Waals surface area contributed by atoms with Gasteiger partial charge in [-0.3, -0.25) is 4.79 Å². The Kier molecular flexibility index (Phi) is 7.25. The number of anilines is 1. The number of carbonyl (C=O) groups is 2. The van der Waals surface area contributed by atoms with Gasteiger partial charge >= 0.3 is 6.03 Å². The summed E-state index contributed by atoms with van der Waals surface area (Å²) in [5.41, 5.74) is 1.97. The van der Waals surface area contributed by atoms with Gasteiger partial charge in [-0.05, 0) is 50.3 Å². The summed E-state index contributed by atoms with van der Waals surface area (Å²) < 4.78 is 29.2. The van der Waals surface area contributed by atoms with Gasteiger partial charge in [0.1, 0.15) is 0 Å². The lowest BCUT2D eigenvalue weighted by Crippen LogP contribution is -2.55. The van der Waals surface area contributed by atoms with Gasteiger partial charge in [-0.25, -0.2) is 4.79 Å². The summed E-state index contributed by atoms with van der Waals surface area (Å²) in [6.45, 7) is 3.07. The van der Waals surface area contributed by atoms with Gasteiger partial charge in [-0.15, -0.1) is 0 Å². The van der Waals surface area contributed by atoms with E-state index in [2.05, 4.69) is 10.6 Å². The lowest BCUT2D eigenvalue weighted by atomic mass is 9.96. The largest absolute Gasteiger partial charge is 0.349 e. The molecule has 1 aromatic rings. The van der Waals surface area contributed by atoms with E-state index in [9.17, 15) is 18.0 Å². The number of benzene rings is 1. The first-order valence-corrected chi connectivity index (χ1v) is 13.4. The van der Waals surface area contributed by atoms with Crippen LogP contribution in [0.25, 0.3) is 0 Å². The molecule has 1 heterocycles. The predicted molar refractivity (Wildman–Crippen MR) is 127 cm³/mol. The fourth-order valence-corrected chi connectivity index (χ4v) is 6.10. The van der Waals surface area contributed by atoms with Crippen molar-refractivity contribution in [1.29, 1.82) is 0 Å². The molecule has 1 aromatic carbocycles. The zero-order valence-corrected chi connectivity index (χ0v) is 20.4. The number of rotatable bonds is 6. The van der Waals surface area contributed by atoms with Gasteiger partial charge in [0, 0.05) is 56.6 Å². The third-order valence-electron chi connectivity index (χ3n) is 6.96. The summed E-state index contributed by atoms with van der Waals surface area (Å²) in [4.78, 5) is 26.8. The minimum atomic E-state index is -3.53. The van der Waals surface area contributed by atoms with E-state index >= 15 is 0 Å². The third kappa shape index (κ3) is 5.67. The molecule has 0 aromatic heterocycles. The molecule has 3 fully saturated rings. The summed E-state index contributed by atoms with van der Waals surface area (Å²) in [6, 6.07) is 5.33. The van der Waals surface area contributed by atoms with Crippen LogP contribution in [-0.2, 0) is 10.2 Å².